The normalized spacial score (nSPS) is 12.2. The number of anilines is 1. The van der Waals surface area contributed by atoms with E-state index in [4.69, 9.17) is 23.2 Å². The van der Waals surface area contributed by atoms with Crippen LogP contribution in [-0.4, -0.2) is 4.98 Å². The van der Waals surface area contributed by atoms with E-state index in [-0.39, 0.29) is 6.04 Å². The van der Waals surface area contributed by atoms with Crippen LogP contribution in [0.2, 0.25) is 10.2 Å². The van der Waals surface area contributed by atoms with Crippen molar-refractivity contribution in [2.45, 2.75) is 13.0 Å². The highest BCUT2D eigenvalue weighted by Crippen LogP contribution is 2.27. The summed E-state index contributed by atoms with van der Waals surface area (Å²) in [6.45, 7) is 2.06. The molecule has 0 aliphatic heterocycles. The van der Waals surface area contributed by atoms with Gasteiger partial charge in [-0.25, -0.2) is 4.98 Å². The van der Waals surface area contributed by atoms with E-state index in [0.29, 0.717) is 5.15 Å². The number of aromatic nitrogens is 1. The van der Waals surface area contributed by atoms with Crippen molar-refractivity contribution in [1.82, 2.24) is 4.98 Å². The van der Waals surface area contributed by atoms with Crippen LogP contribution in [0, 0.1) is 0 Å². The molecule has 0 amide bonds. The maximum atomic E-state index is 6.04. The summed E-state index contributed by atoms with van der Waals surface area (Å²) in [7, 11) is 0. The number of hydrogen-bond donors (Lipinski definition) is 1. The van der Waals surface area contributed by atoms with Gasteiger partial charge < -0.3 is 5.32 Å². The van der Waals surface area contributed by atoms with Crippen molar-refractivity contribution in [3.05, 3.63) is 56.7 Å². The molecule has 18 heavy (non-hydrogen) atoms. The maximum Gasteiger partial charge on any atom is 0.152 e. The lowest BCUT2D eigenvalue weighted by atomic mass is 10.1. The topological polar surface area (TPSA) is 24.9 Å². The van der Waals surface area contributed by atoms with Crippen LogP contribution in [0.25, 0.3) is 0 Å². The molecule has 2 aromatic rings. The van der Waals surface area contributed by atoms with Gasteiger partial charge in [-0.3, -0.25) is 0 Å². The van der Waals surface area contributed by atoms with E-state index < -0.39 is 0 Å². The second-order valence-electron chi connectivity index (χ2n) is 3.91. The average molecular weight is 346 g/mol. The molecule has 1 N–H and O–H groups in total. The first-order valence-corrected chi connectivity index (χ1v) is 6.94. The zero-order chi connectivity index (χ0) is 13.1. The smallest absolute Gasteiger partial charge is 0.152 e. The Kier molecular flexibility index (Phi) is 4.49. The summed E-state index contributed by atoms with van der Waals surface area (Å²) in [4.78, 5) is 4.07. The fourth-order valence-corrected chi connectivity index (χ4v) is 2.21. The van der Waals surface area contributed by atoms with Gasteiger partial charge in [-0.05, 0) is 46.6 Å². The molecule has 0 aliphatic carbocycles. The molecule has 5 heteroatoms. The van der Waals surface area contributed by atoms with Gasteiger partial charge in [0.2, 0.25) is 0 Å². The second-order valence-corrected chi connectivity index (χ2v) is 5.62. The lowest BCUT2D eigenvalue weighted by molar-refractivity contribution is 0.883. The Bertz CT molecular complexity index is 543. The molecule has 1 unspecified atom stereocenters. The number of nitrogens with one attached hydrogen (secondary N) is 1. The molecule has 0 radical (unpaired) electrons. The number of rotatable bonds is 3. The molecule has 94 valence electrons. The summed E-state index contributed by atoms with van der Waals surface area (Å²) in [5, 5.41) is 4.51. The van der Waals surface area contributed by atoms with Crippen LogP contribution >= 0.6 is 39.1 Å². The van der Waals surface area contributed by atoms with E-state index in [1.165, 1.54) is 0 Å². The number of hydrogen-bond acceptors (Lipinski definition) is 2. The molecule has 1 aromatic heterocycles. The Labute approximate surface area is 124 Å². The summed E-state index contributed by atoms with van der Waals surface area (Å²) < 4.78 is 0.887. The van der Waals surface area contributed by atoms with Gasteiger partial charge in [-0.15, -0.1) is 0 Å². The molecule has 0 bridgehead atoms. The number of nitrogens with zero attached hydrogens (tertiary/aromatic N) is 1. The second kappa shape index (κ2) is 5.91. The van der Waals surface area contributed by atoms with Gasteiger partial charge in [0.25, 0.3) is 0 Å². The molecular formula is C13H11BrCl2N2. The molecule has 0 saturated heterocycles. The van der Waals surface area contributed by atoms with Gasteiger partial charge in [-0.2, -0.15) is 0 Å². The maximum absolute atomic E-state index is 6.04. The summed E-state index contributed by atoms with van der Waals surface area (Å²) in [5.41, 5.74) is 1.93. The SMILES string of the molecule is CC(Nc1cc(Br)cnc1Cl)c1ccc(Cl)cc1. The Hall–Kier alpha value is -0.770. The summed E-state index contributed by atoms with van der Waals surface area (Å²) in [5.74, 6) is 0. The van der Waals surface area contributed by atoms with Crippen LogP contribution in [0.4, 0.5) is 5.69 Å². The van der Waals surface area contributed by atoms with E-state index in [9.17, 15) is 0 Å². The van der Waals surface area contributed by atoms with E-state index in [1.807, 2.05) is 30.3 Å². The third kappa shape index (κ3) is 3.37. The van der Waals surface area contributed by atoms with Crippen molar-refractivity contribution in [3.8, 4) is 0 Å². The van der Waals surface area contributed by atoms with Gasteiger partial charge in [0, 0.05) is 21.7 Å². The van der Waals surface area contributed by atoms with Crippen LogP contribution in [0.5, 0.6) is 0 Å². The number of benzene rings is 1. The lowest BCUT2D eigenvalue weighted by Gasteiger charge is -2.16. The van der Waals surface area contributed by atoms with Crippen molar-refractivity contribution >= 4 is 44.8 Å². The van der Waals surface area contributed by atoms with Crippen molar-refractivity contribution in [2.75, 3.05) is 5.32 Å². The third-order valence-electron chi connectivity index (χ3n) is 2.55. The number of halogens is 3. The first kappa shape index (κ1) is 13.7. The van der Waals surface area contributed by atoms with Crippen LogP contribution in [0.3, 0.4) is 0 Å². The first-order chi connectivity index (χ1) is 8.56. The highest BCUT2D eigenvalue weighted by molar-refractivity contribution is 9.10. The monoisotopic (exact) mass is 344 g/mol. The fraction of sp³-hybridized carbons (Fsp3) is 0.154. The minimum absolute atomic E-state index is 0.121. The molecule has 0 spiro atoms. The molecule has 0 aliphatic rings. The van der Waals surface area contributed by atoms with E-state index in [1.54, 1.807) is 6.20 Å². The lowest BCUT2D eigenvalue weighted by Crippen LogP contribution is -2.07. The Morgan fingerprint density at radius 3 is 2.56 bits per heavy atom. The molecule has 2 nitrogen and oxygen atoms in total. The van der Waals surface area contributed by atoms with E-state index >= 15 is 0 Å². The molecule has 1 aromatic carbocycles. The minimum Gasteiger partial charge on any atom is -0.376 e. The number of pyridine rings is 1. The molecule has 0 saturated carbocycles. The van der Waals surface area contributed by atoms with Crippen LogP contribution in [-0.2, 0) is 0 Å². The Morgan fingerprint density at radius 2 is 1.89 bits per heavy atom. The van der Waals surface area contributed by atoms with Crippen molar-refractivity contribution in [3.63, 3.8) is 0 Å². The van der Waals surface area contributed by atoms with E-state index in [2.05, 4.69) is 33.2 Å². The summed E-state index contributed by atoms with van der Waals surface area (Å²) in [6.07, 6.45) is 1.67. The van der Waals surface area contributed by atoms with Crippen molar-refractivity contribution in [2.24, 2.45) is 0 Å². The standard InChI is InChI=1S/C13H11BrCl2N2/c1-8(9-2-4-11(15)5-3-9)18-12-6-10(14)7-17-13(12)16/h2-8,18H,1H3. The third-order valence-corrected chi connectivity index (χ3v) is 3.53. The van der Waals surface area contributed by atoms with Crippen molar-refractivity contribution in [1.29, 1.82) is 0 Å². The summed E-state index contributed by atoms with van der Waals surface area (Å²) >= 11 is 15.3. The molecule has 1 atom stereocenters. The molecular weight excluding hydrogens is 335 g/mol. The quantitative estimate of drug-likeness (QED) is 0.761. The van der Waals surface area contributed by atoms with Crippen LogP contribution < -0.4 is 5.32 Å². The minimum atomic E-state index is 0.121. The Morgan fingerprint density at radius 1 is 1.22 bits per heavy atom. The van der Waals surface area contributed by atoms with E-state index in [0.717, 1.165) is 20.7 Å². The highest BCUT2D eigenvalue weighted by Gasteiger charge is 2.08. The first-order valence-electron chi connectivity index (χ1n) is 5.39. The molecule has 1 heterocycles. The zero-order valence-corrected chi connectivity index (χ0v) is 12.7. The van der Waals surface area contributed by atoms with Gasteiger partial charge >= 0.3 is 0 Å². The molecule has 0 fully saturated rings. The van der Waals surface area contributed by atoms with Gasteiger partial charge in [-0.1, -0.05) is 35.3 Å². The largest absolute Gasteiger partial charge is 0.376 e. The highest BCUT2D eigenvalue weighted by atomic mass is 79.9. The van der Waals surface area contributed by atoms with Crippen LogP contribution in [0.15, 0.2) is 41.0 Å². The van der Waals surface area contributed by atoms with Gasteiger partial charge in [0.05, 0.1) is 5.69 Å². The van der Waals surface area contributed by atoms with Crippen molar-refractivity contribution < 1.29 is 0 Å². The predicted octanol–water partition coefficient (Wildman–Crippen LogP) is 5.32. The zero-order valence-electron chi connectivity index (χ0n) is 9.62. The Balaban J connectivity index is 2.18. The fourth-order valence-electron chi connectivity index (χ4n) is 1.59. The van der Waals surface area contributed by atoms with Crippen LogP contribution in [0.1, 0.15) is 18.5 Å². The molecule has 2 rings (SSSR count). The van der Waals surface area contributed by atoms with Gasteiger partial charge in [0.15, 0.2) is 5.15 Å². The van der Waals surface area contributed by atoms with Gasteiger partial charge in [0.1, 0.15) is 0 Å². The predicted molar refractivity (Wildman–Crippen MR) is 80.4 cm³/mol. The summed E-state index contributed by atoms with van der Waals surface area (Å²) in [6, 6.07) is 9.74. The average Bonchev–Trinajstić information content (AvgIpc) is 2.34.